The number of aryl methyl sites for hydroxylation is 1. The molecule has 2 bridgehead atoms. The monoisotopic (exact) mass is 374 g/mol. The van der Waals surface area contributed by atoms with Crippen LogP contribution < -0.4 is 0 Å². The zero-order valence-electron chi connectivity index (χ0n) is 14.4. The number of fused-ring (bicyclic) bond motifs is 2. The molecule has 4 fully saturated rings. The normalized spacial score (nSPS) is 39.6. The molecule has 0 N–H and O–H groups in total. The highest BCUT2D eigenvalue weighted by Gasteiger charge is 2.74. The van der Waals surface area contributed by atoms with Crippen LogP contribution in [-0.2, 0) is 9.59 Å². The molecule has 1 unspecified atom stereocenters. The Balaban J connectivity index is 1.93. The predicted octanol–water partition coefficient (Wildman–Crippen LogP) is 2.47. The Kier molecular flexibility index (Phi) is 3.29. The average Bonchev–Trinajstić information content (AvgIpc) is 2.87. The summed E-state index contributed by atoms with van der Waals surface area (Å²) < 4.78 is 0. The van der Waals surface area contributed by atoms with Gasteiger partial charge < -0.3 is 9.80 Å². The van der Waals surface area contributed by atoms with Gasteiger partial charge in [0.2, 0.25) is 0 Å². The van der Waals surface area contributed by atoms with Crippen LogP contribution >= 0.6 is 21.6 Å². The number of rotatable bonds is 1. The molecule has 0 saturated carbocycles. The van der Waals surface area contributed by atoms with Gasteiger partial charge in [-0.25, -0.2) is 0 Å². The number of piperazine rings is 1. The fourth-order valence-corrected chi connectivity index (χ4v) is 7.64. The second-order valence-corrected chi connectivity index (χ2v) is 10.1. The Morgan fingerprint density at radius 2 is 2.00 bits per heavy atom. The fourth-order valence-electron chi connectivity index (χ4n) is 4.06. The molecule has 1 aromatic heterocycles. The van der Waals surface area contributed by atoms with Crippen molar-refractivity contribution in [2.75, 3.05) is 7.05 Å². The van der Waals surface area contributed by atoms with Crippen LogP contribution in [0.4, 0.5) is 0 Å². The van der Waals surface area contributed by atoms with Gasteiger partial charge >= 0.3 is 0 Å². The molecule has 1 spiro atoms. The third-order valence-corrected chi connectivity index (χ3v) is 9.30. The number of nitriles is 1. The van der Waals surface area contributed by atoms with E-state index in [1.807, 2.05) is 26.0 Å². The van der Waals surface area contributed by atoms with Crippen molar-refractivity contribution in [3.8, 4) is 6.07 Å². The number of carbonyl (C=O) groups is 2. The Morgan fingerprint density at radius 3 is 2.60 bits per heavy atom. The van der Waals surface area contributed by atoms with E-state index in [9.17, 15) is 14.9 Å². The van der Waals surface area contributed by atoms with Crippen LogP contribution in [0.1, 0.15) is 37.6 Å². The summed E-state index contributed by atoms with van der Waals surface area (Å²) in [5.74, 6) is -0.203. The molecule has 5 rings (SSSR count). The summed E-state index contributed by atoms with van der Waals surface area (Å²) in [7, 11) is 4.52. The quantitative estimate of drug-likeness (QED) is 0.703. The van der Waals surface area contributed by atoms with Crippen LogP contribution in [0.25, 0.3) is 0 Å². The van der Waals surface area contributed by atoms with Crippen molar-refractivity contribution >= 4 is 33.4 Å². The Labute approximate surface area is 154 Å². The van der Waals surface area contributed by atoms with Crippen molar-refractivity contribution in [2.45, 2.75) is 43.0 Å². The number of carbonyl (C=O) groups excluding carboxylic acids is 2. The summed E-state index contributed by atoms with van der Waals surface area (Å²) in [6, 6.07) is 5.69. The number of hydrogen-bond donors (Lipinski definition) is 0. The number of nitrogens with zero attached hydrogens (tertiary/aromatic N) is 4. The van der Waals surface area contributed by atoms with Gasteiger partial charge in [0.25, 0.3) is 11.8 Å². The molecule has 130 valence electrons. The SMILES string of the molecule is Cc1ccc(C2N3C(=O)[C@@]4(C)SS[C@@]3(C[C@]2(C)C#N)C(=O)N4C)cn1. The standard InChI is InChI=1S/C17H18N4O2S2/c1-10-5-6-11(7-19-10)12-15(2,9-18)8-17-14(23)20(4)16(3,24-25-17)13(22)21(12)17/h5-7,12H,8H2,1-4H3/t12?,15-,16-,17+/m1/s1. The summed E-state index contributed by atoms with van der Waals surface area (Å²) in [4.78, 5) is 32.1. The molecule has 4 aliphatic rings. The minimum atomic E-state index is -1.02. The van der Waals surface area contributed by atoms with Crippen LogP contribution in [0.5, 0.6) is 0 Å². The first-order chi connectivity index (χ1) is 11.7. The molecule has 8 heteroatoms. The lowest BCUT2D eigenvalue weighted by Crippen LogP contribution is -2.73. The molecule has 6 nitrogen and oxygen atoms in total. The molecule has 25 heavy (non-hydrogen) atoms. The van der Waals surface area contributed by atoms with Crippen molar-refractivity contribution in [1.29, 1.82) is 5.26 Å². The smallest absolute Gasteiger partial charge is 0.261 e. The fraction of sp³-hybridized carbons (Fsp3) is 0.529. The Hall–Kier alpha value is -1.72. The van der Waals surface area contributed by atoms with Gasteiger partial charge in [0.1, 0.15) is 0 Å². The third-order valence-electron chi connectivity index (χ3n) is 5.60. The summed E-state index contributed by atoms with van der Waals surface area (Å²) in [6.07, 6.45) is 2.04. The predicted molar refractivity (Wildman–Crippen MR) is 96.0 cm³/mol. The Morgan fingerprint density at radius 1 is 1.28 bits per heavy atom. The molecular formula is C17H18N4O2S2. The topological polar surface area (TPSA) is 77.3 Å². The van der Waals surface area contributed by atoms with Gasteiger partial charge in [0.15, 0.2) is 9.74 Å². The van der Waals surface area contributed by atoms with Crippen LogP contribution in [0.15, 0.2) is 18.3 Å². The third kappa shape index (κ3) is 1.86. The molecule has 0 aliphatic carbocycles. The maximum absolute atomic E-state index is 13.4. The van der Waals surface area contributed by atoms with E-state index in [1.54, 1.807) is 30.0 Å². The molecule has 0 aromatic carbocycles. The lowest BCUT2D eigenvalue weighted by Gasteiger charge is -2.57. The zero-order chi connectivity index (χ0) is 18.2. The summed E-state index contributed by atoms with van der Waals surface area (Å²) in [6.45, 7) is 5.51. The van der Waals surface area contributed by atoms with Gasteiger partial charge in [0, 0.05) is 25.4 Å². The van der Waals surface area contributed by atoms with Crippen molar-refractivity contribution < 1.29 is 9.59 Å². The van der Waals surface area contributed by atoms with Crippen molar-refractivity contribution in [3.63, 3.8) is 0 Å². The van der Waals surface area contributed by atoms with Gasteiger partial charge in [-0.3, -0.25) is 14.6 Å². The lowest BCUT2D eigenvalue weighted by atomic mass is 9.80. The van der Waals surface area contributed by atoms with E-state index in [-0.39, 0.29) is 11.8 Å². The zero-order valence-corrected chi connectivity index (χ0v) is 16.1. The van der Waals surface area contributed by atoms with Crippen molar-refractivity contribution in [3.05, 3.63) is 29.6 Å². The first kappa shape index (κ1) is 16.7. The highest BCUT2D eigenvalue weighted by molar-refractivity contribution is 8.78. The summed E-state index contributed by atoms with van der Waals surface area (Å²) in [5.41, 5.74) is 0.818. The number of aromatic nitrogens is 1. The molecule has 4 saturated heterocycles. The molecule has 1 aromatic rings. The van der Waals surface area contributed by atoms with Gasteiger partial charge in [-0.15, -0.1) is 0 Å². The molecule has 4 aliphatic heterocycles. The highest BCUT2D eigenvalue weighted by atomic mass is 33.1. The largest absolute Gasteiger partial charge is 0.319 e. The maximum atomic E-state index is 13.4. The van der Waals surface area contributed by atoms with Gasteiger partial charge in [-0.05, 0) is 32.4 Å². The number of hydrogen-bond acceptors (Lipinski definition) is 6. The van der Waals surface area contributed by atoms with Crippen LogP contribution in [0, 0.1) is 23.7 Å². The van der Waals surface area contributed by atoms with Crippen LogP contribution in [0.3, 0.4) is 0 Å². The van der Waals surface area contributed by atoms with Gasteiger partial charge in [-0.2, -0.15) is 5.26 Å². The van der Waals surface area contributed by atoms with Gasteiger partial charge in [-0.1, -0.05) is 27.7 Å². The first-order valence-electron chi connectivity index (χ1n) is 8.02. The number of amides is 2. The van der Waals surface area contributed by atoms with E-state index in [0.717, 1.165) is 11.3 Å². The first-order valence-corrected chi connectivity index (χ1v) is 10.2. The minimum Gasteiger partial charge on any atom is -0.319 e. The lowest BCUT2D eigenvalue weighted by molar-refractivity contribution is -0.164. The second-order valence-electron chi connectivity index (χ2n) is 7.31. The highest BCUT2D eigenvalue weighted by Crippen LogP contribution is 2.69. The summed E-state index contributed by atoms with van der Waals surface area (Å²) >= 11 is 0. The summed E-state index contributed by atoms with van der Waals surface area (Å²) in [5, 5.41) is 9.94. The Bertz CT molecular complexity index is 838. The molecule has 0 radical (unpaired) electrons. The van der Waals surface area contributed by atoms with E-state index < -0.39 is 21.2 Å². The van der Waals surface area contributed by atoms with Crippen LogP contribution in [-0.4, -0.2) is 43.4 Å². The maximum Gasteiger partial charge on any atom is 0.261 e. The van der Waals surface area contributed by atoms with E-state index in [0.29, 0.717) is 6.42 Å². The van der Waals surface area contributed by atoms with E-state index >= 15 is 0 Å². The number of pyridine rings is 1. The molecule has 2 amide bonds. The van der Waals surface area contributed by atoms with E-state index in [4.69, 9.17) is 0 Å². The van der Waals surface area contributed by atoms with Gasteiger partial charge in [0.05, 0.1) is 17.5 Å². The van der Waals surface area contributed by atoms with Crippen molar-refractivity contribution in [1.82, 2.24) is 14.8 Å². The van der Waals surface area contributed by atoms with Crippen molar-refractivity contribution in [2.24, 2.45) is 5.41 Å². The van der Waals surface area contributed by atoms with Crippen LogP contribution in [0.2, 0.25) is 0 Å². The van der Waals surface area contributed by atoms with E-state index in [1.165, 1.54) is 21.6 Å². The van der Waals surface area contributed by atoms with E-state index in [2.05, 4.69) is 11.1 Å². The minimum absolute atomic E-state index is 0.0950. The average molecular weight is 374 g/mol. The molecule has 5 heterocycles. The molecular weight excluding hydrogens is 356 g/mol. The molecule has 4 atom stereocenters. The second kappa shape index (κ2) is 4.92. The number of likely N-dealkylation sites (N-methyl/N-ethyl adjacent to an activating group) is 1.